The summed E-state index contributed by atoms with van der Waals surface area (Å²) in [4.78, 5) is 4.14. The second kappa shape index (κ2) is 6.58. The minimum absolute atomic E-state index is 0.0988. The Bertz CT molecular complexity index is 586. The van der Waals surface area contributed by atoms with Crippen molar-refractivity contribution in [1.82, 2.24) is 10.1 Å². The predicted molar refractivity (Wildman–Crippen MR) is 71.9 cm³/mol. The third-order valence-corrected chi connectivity index (χ3v) is 2.92. The number of hydrogen-bond donors (Lipinski definition) is 1. The summed E-state index contributed by atoms with van der Waals surface area (Å²) < 4.78 is 15.8. The lowest BCUT2D eigenvalue weighted by molar-refractivity contribution is 0.232. The van der Waals surface area contributed by atoms with Gasteiger partial charge in [0.1, 0.15) is 0 Å². The average Bonchev–Trinajstić information content (AvgIpc) is 2.93. The van der Waals surface area contributed by atoms with Crippen LogP contribution in [0.5, 0.6) is 11.5 Å². The van der Waals surface area contributed by atoms with E-state index in [2.05, 4.69) is 10.1 Å². The van der Waals surface area contributed by atoms with Crippen LogP contribution in [0.4, 0.5) is 0 Å². The van der Waals surface area contributed by atoms with E-state index in [9.17, 15) is 0 Å². The van der Waals surface area contributed by atoms with Crippen LogP contribution >= 0.6 is 11.6 Å². The van der Waals surface area contributed by atoms with E-state index in [0.29, 0.717) is 40.2 Å². The van der Waals surface area contributed by atoms with E-state index in [1.54, 1.807) is 12.1 Å². The van der Waals surface area contributed by atoms with Gasteiger partial charge in [0.2, 0.25) is 0 Å². The molecule has 20 heavy (non-hydrogen) atoms. The molecule has 108 valence electrons. The van der Waals surface area contributed by atoms with Gasteiger partial charge < -0.3 is 19.1 Å². The maximum Gasteiger partial charge on any atom is 0.264 e. The number of aliphatic hydroxyl groups excluding tert-OH is 1. The lowest BCUT2D eigenvalue weighted by atomic mass is 10.2. The summed E-state index contributed by atoms with van der Waals surface area (Å²) in [5.41, 5.74) is 0.644. The third kappa shape index (κ3) is 3.20. The summed E-state index contributed by atoms with van der Waals surface area (Å²) in [7, 11) is 1.50. The Kier molecular flexibility index (Phi) is 4.81. The summed E-state index contributed by atoms with van der Waals surface area (Å²) in [6, 6.07) is 3.27. The van der Waals surface area contributed by atoms with Crippen molar-refractivity contribution in [2.45, 2.75) is 26.6 Å². The first-order valence-electron chi connectivity index (χ1n) is 6.09. The Morgan fingerprint density at radius 3 is 2.80 bits per heavy atom. The Labute approximate surface area is 121 Å². The summed E-state index contributed by atoms with van der Waals surface area (Å²) in [6.45, 7) is 1.91. The van der Waals surface area contributed by atoms with Crippen LogP contribution < -0.4 is 9.47 Å². The second-order valence-corrected chi connectivity index (χ2v) is 4.42. The van der Waals surface area contributed by atoms with E-state index in [0.717, 1.165) is 0 Å². The zero-order chi connectivity index (χ0) is 14.5. The highest BCUT2D eigenvalue weighted by Crippen LogP contribution is 2.36. The van der Waals surface area contributed by atoms with E-state index in [4.69, 9.17) is 30.7 Å². The first kappa shape index (κ1) is 14.6. The first-order chi connectivity index (χ1) is 9.67. The molecule has 0 radical (unpaired) electrons. The van der Waals surface area contributed by atoms with Gasteiger partial charge in [-0.3, -0.25) is 0 Å². The van der Waals surface area contributed by atoms with Gasteiger partial charge in [0.05, 0.1) is 18.7 Å². The Balaban J connectivity index is 2.16. The highest BCUT2D eigenvalue weighted by molar-refractivity contribution is 6.32. The summed E-state index contributed by atoms with van der Waals surface area (Å²) in [6.07, 6.45) is 0.693. The molecule has 1 heterocycles. The number of halogens is 1. The molecule has 0 saturated heterocycles. The number of rotatable bonds is 6. The monoisotopic (exact) mass is 298 g/mol. The SMILES string of the molecule is CCc1noc(COc2c(Cl)cc(CO)cc2OC)n1. The molecule has 1 aromatic carbocycles. The molecular formula is C13H15ClN2O4. The number of hydrogen-bond acceptors (Lipinski definition) is 6. The zero-order valence-electron chi connectivity index (χ0n) is 11.2. The van der Waals surface area contributed by atoms with Crippen molar-refractivity contribution >= 4 is 11.6 Å². The third-order valence-electron chi connectivity index (χ3n) is 2.64. The summed E-state index contributed by atoms with van der Waals surface area (Å²) >= 11 is 6.11. The van der Waals surface area contributed by atoms with Gasteiger partial charge in [-0.05, 0) is 17.7 Å². The van der Waals surface area contributed by atoms with Crippen molar-refractivity contribution in [3.8, 4) is 11.5 Å². The van der Waals surface area contributed by atoms with Gasteiger partial charge in [-0.25, -0.2) is 0 Å². The van der Waals surface area contributed by atoms with Crippen molar-refractivity contribution in [2.24, 2.45) is 0 Å². The maximum absolute atomic E-state index is 9.12. The lowest BCUT2D eigenvalue weighted by Crippen LogP contribution is -2.00. The van der Waals surface area contributed by atoms with Crippen molar-refractivity contribution in [3.63, 3.8) is 0 Å². The predicted octanol–water partition coefficient (Wildman–Crippen LogP) is 2.37. The molecule has 1 aromatic heterocycles. The average molecular weight is 299 g/mol. The van der Waals surface area contributed by atoms with Crippen LogP contribution in [0, 0.1) is 0 Å². The van der Waals surface area contributed by atoms with E-state index in [-0.39, 0.29) is 13.2 Å². The van der Waals surface area contributed by atoms with Gasteiger partial charge in [-0.15, -0.1) is 0 Å². The van der Waals surface area contributed by atoms with Gasteiger partial charge >= 0.3 is 0 Å². The highest BCUT2D eigenvalue weighted by Gasteiger charge is 2.14. The van der Waals surface area contributed by atoms with Crippen LogP contribution in [0.25, 0.3) is 0 Å². The van der Waals surface area contributed by atoms with Crippen LogP contribution in [0.2, 0.25) is 5.02 Å². The van der Waals surface area contributed by atoms with Gasteiger partial charge in [-0.2, -0.15) is 4.98 Å². The minimum atomic E-state index is -0.125. The standard InChI is InChI=1S/C13H15ClN2O4/c1-3-11-15-12(20-16-11)7-19-13-9(14)4-8(6-17)5-10(13)18-2/h4-5,17H,3,6-7H2,1-2H3. The smallest absolute Gasteiger partial charge is 0.264 e. The fourth-order valence-electron chi connectivity index (χ4n) is 1.63. The van der Waals surface area contributed by atoms with Gasteiger partial charge in [0.25, 0.3) is 5.89 Å². The molecule has 0 spiro atoms. The second-order valence-electron chi connectivity index (χ2n) is 4.01. The Hall–Kier alpha value is -1.79. The normalized spacial score (nSPS) is 10.6. The molecule has 0 aliphatic carbocycles. The van der Waals surface area contributed by atoms with Crippen LogP contribution in [-0.4, -0.2) is 22.4 Å². The van der Waals surface area contributed by atoms with Crippen molar-refractivity contribution in [1.29, 1.82) is 0 Å². The van der Waals surface area contributed by atoms with E-state index < -0.39 is 0 Å². The van der Waals surface area contributed by atoms with Crippen LogP contribution in [-0.2, 0) is 19.6 Å². The zero-order valence-corrected chi connectivity index (χ0v) is 12.0. The molecule has 0 aliphatic rings. The van der Waals surface area contributed by atoms with Crippen LogP contribution in [0.15, 0.2) is 16.7 Å². The number of ether oxygens (including phenoxy) is 2. The number of methoxy groups -OCH3 is 1. The molecular weight excluding hydrogens is 284 g/mol. The van der Waals surface area contributed by atoms with Gasteiger partial charge in [0, 0.05) is 6.42 Å². The fourth-order valence-corrected chi connectivity index (χ4v) is 1.92. The number of aromatic nitrogens is 2. The van der Waals surface area contributed by atoms with E-state index in [1.165, 1.54) is 7.11 Å². The molecule has 2 aromatic rings. The number of nitrogens with zero attached hydrogens (tertiary/aromatic N) is 2. The van der Waals surface area contributed by atoms with Gasteiger partial charge in [-0.1, -0.05) is 23.7 Å². The van der Waals surface area contributed by atoms with Crippen LogP contribution in [0.3, 0.4) is 0 Å². The molecule has 7 heteroatoms. The number of aliphatic hydroxyl groups is 1. The first-order valence-corrected chi connectivity index (χ1v) is 6.47. The van der Waals surface area contributed by atoms with Gasteiger partial charge in [0.15, 0.2) is 23.9 Å². The largest absolute Gasteiger partial charge is 0.493 e. The topological polar surface area (TPSA) is 77.6 Å². The molecule has 0 amide bonds. The van der Waals surface area contributed by atoms with Crippen molar-refractivity contribution < 1.29 is 19.1 Å². The molecule has 0 unspecified atom stereocenters. The highest BCUT2D eigenvalue weighted by atomic mass is 35.5. The van der Waals surface area contributed by atoms with E-state index >= 15 is 0 Å². The maximum atomic E-state index is 9.12. The molecule has 1 N–H and O–H groups in total. The number of benzene rings is 1. The van der Waals surface area contributed by atoms with Crippen molar-refractivity contribution in [2.75, 3.05) is 7.11 Å². The van der Waals surface area contributed by atoms with Crippen molar-refractivity contribution in [3.05, 3.63) is 34.4 Å². The molecule has 2 rings (SSSR count). The fraction of sp³-hybridized carbons (Fsp3) is 0.385. The molecule has 0 fully saturated rings. The molecule has 6 nitrogen and oxygen atoms in total. The van der Waals surface area contributed by atoms with Crippen LogP contribution in [0.1, 0.15) is 24.2 Å². The van der Waals surface area contributed by atoms with E-state index in [1.807, 2.05) is 6.92 Å². The molecule has 0 saturated carbocycles. The molecule has 0 atom stereocenters. The molecule has 0 bridgehead atoms. The molecule has 0 aliphatic heterocycles. The Morgan fingerprint density at radius 2 is 2.20 bits per heavy atom. The number of aryl methyl sites for hydroxylation is 1. The quantitative estimate of drug-likeness (QED) is 0.882. The Morgan fingerprint density at radius 1 is 1.40 bits per heavy atom. The lowest BCUT2D eigenvalue weighted by Gasteiger charge is -2.12. The summed E-state index contributed by atoms with van der Waals surface area (Å²) in [5.74, 6) is 1.81. The summed E-state index contributed by atoms with van der Waals surface area (Å²) in [5, 5.41) is 13.2. The minimum Gasteiger partial charge on any atom is -0.493 e.